The van der Waals surface area contributed by atoms with Gasteiger partial charge in [0.1, 0.15) is 16.5 Å². The molecule has 100 valence electrons. The topological polar surface area (TPSA) is 59.1 Å². The Morgan fingerprint density at radius 1 is 1.11 bits per heavy atom. The lowest BCUT2D eigenvalue weighted by Gasteiger charge is -2.09. The van der Waals surface area contributed by atoms with Crippen LogP contribution in [-0.4, -0.2) is 13.4 Å². The summed E-state index contributed by atoms with van der Waals surface area (Å²) in [4.78, 5) is 3.17. The number of nitrogens with one attached hydrogen (secondary N) is 1. The minimum Gasteiger partial charge on any atom is -0.279 e. The number of hydrogen-bond acceptors (Lipinski definition) is 3. The molecular formula is C11H7F2IN2O2S. The number of sulfonamides is 1. The predicted octanol–water partition coefficient (Wildman–Crippen LogP) is 2.77. The zero-order valence-electron chi connectivity index (χ0n) is 9.27. The highest BCUT2D eigenvalue weighted by Gasteiger charge is 2.17. The smallest absolute Gasteiger partial charge is 0.263 e. The maximum absolute atomic E-state index is 13.0. The number of anilines is 1. The van der Waals surface area contributed by atoms with E-state index in [4.69, 9.17) is 0 Å². The molecule has 1 aromatic heterocycles. The van der Waals surface area contributed by atoms with E-state index in [0.717, 1.165) is 24.5 Å². The van der Waals surface area contributed by atoms with Gasteiger partial charge in [-0.2, -0.15) is 0 Å². The number of rotatable bonds is 3. The molecule has 1 N–H and O–H groups in total. The number of benzene rings is 1. The van der Waals surface area contributed by atoms with Gasteiger partial charge < -0.3 is 0 Å². The molecule has 8 heteroatoms. The first-order valence-electron chi connectivity index (χ1n) is 4.97. The molecule has 1 heterocycles. The molecule has 0 saturated carbocycles. The third-order valence-electron chi connectivity index (χ3n) is 2.17. The number of nitrogens with zero attached hydrogens (tertiary/aromatic N) is 1. The van der Waals surface area contributed by atoms with Crippen molar-refractivity contribution in [2.45, 2.75) is 4.90 Å². The van der Waals surface area contributed by atoms with Crippen LogP contribution in [0.5, 0.6) is 0 Å². The Morgan fingerprint density at radius 3 is 2.47 bits per heavy atom. The molecule has 0 atom stereocenters. The highest BCUT2D eigenvalue weighted by Crippen LogP contribution is 2.22. The largest absolute Gasteiger partial charge is 0.279 e. The number of halogens is 3. The molecule has 19 heavy (non-hydrogen) atoms. The van der Waals surface area contributed by atoms with Gasteiger partial charge in [0.25, 0.3) is 10.0 Å². The molecule has 0 spiro atoms. The molecule has 4 nitrogen and oxygen atoms in total. The van der Waals surface area contributed by atoms with Crippen molar-refractivity contribution in [3.05, 3.63) is 51.9 Å². The van der Waals surface area contributed by atoms with Crippen molar-refractivity contribution in [1.29, 1.82) is 0 Å². The van der Waals surface area contributed by atoms with Crippen molar-refractivity contribution >= 4 is 38.3 Å². The fourth-order valence-corrected chi connectivity index (χ4v) is 3.16. The summed E-state index contributed by atoms with van der Waals surface area (Å²) in [5, 5.41) is 0. The molecule has 0 radical (unpaired) electrons. The van der Waals surface area contributed by atoms with Gasteiger partial charge in [-0.1, -0.05) is 0 Å². The molecule has 2 aromatic rings. The zero-order valence-corrected chi connectivity index (χ0v) is 12.2. The Labute approximate surface area is 122 Å². The van der Waals surface area contributed by atoms with E-state index in [2.05, 4.69) is 9.71 Å². The van der Waals surface area contributed by atoms with Gasteiger partial charge in [0.2, 0.25) is 0 Å². The van der Waals surface area contributed by atoms with Crippen LogP contribution in [0, 0.1) is 15.2 Å². The van der Waals surface area contributed by atoms with E-state index in [-0.39, 0.29) is 10.6 Å². The second kappa shape index (κ2) is 5.37. The van der Waals surface area contributed by atoms with Crippen LogP contribution in [0.15, 0.2) is 41.6 Å². The maximum Gasteiger partial charge on any atom is 0.263 e. The lowest BCUT2D eigenvalue weighted by Crippen LogP contribution is -2.14. The van der Waals surface area contributed by atoms with Crippen LogP contribution >= 0.6 is 22.6 Å². The summed E-state index contributed by atoms with van der Waals surface area (Å²) >= 11 is 1.80. The number of hydrogen-bond donors (Lipinski definition) is 1. The van der Waals surface area contributed by atoms with Gasteiger partial charge in [0.05, 0.1) is 11.9 Å². The van der Waals surface area contributed by atoms with Crippen LogP contribution in [0.2, 0.25) is 0 Å². The normalized spacial score (nSPS) is 11.3. The van der Waals surface area contributed by atoms with Crippen molar-refractivity contribution in [3.63, 3.8) is 0 Å². The standard InChI is InChI=1S/C11H7F2IN2O2S/c12-7-1-2-11(10(14)4-7)16-19(17,18)9-3-8(13)5-15-6-9/h1-6,16H. The zero-order chi connectivity index (χ0) is 14.0. The maximum atomic E-state index is 13.0. The first kappa shape index (κ1) is 14.1. The second-order valence-electron chi connectivity index (χ2n) is 3.57. The van der Waals surface area contributed by atoms with E-state index in [1.165, 1.54) is 12.1 Å². The molecule has 0 unspecified atom stereocenters. The van der Waals surface area contributed by atoms with Crippen molar-refractivity contribution in [2.75, 3.05) is 4.72 Å². The lowest BCUT2D eigenvalue weighted by molar-refractivity contribution is 0.592. The summed E-state index contributed by atoms with van der Waals surface area (Å²) in [6.07, 6.45) is 1.93. The third kappa shape index (κ3) is 3.38. The molecule has 0 amide bonds. The molecule has 1 aromatic carbocycles. The Kier molecular flexibility index (Phi) is 3.99. The van der Waals surface area contributed by atoms with Gasteiger partial charge in [-0.05, 0) is 46.9 Å². The highest BCUT2D eigenvalue weighted by atomic mass is 127. The van der Waals surface area contributed by atoms with E-state index < -0.39 is 21.7 Å². The average molecular weight is 396 g/mol. The first-order chi connectivity index (χ1) is 8.88. The SMILES string of the molecule is O=S(=O)(Nc1ccc(F)cc1I)c1cncc(F)c1. The van der Waals surface area contributed by atoms with Gasteiger partial charge in [-0.3, -0.25) is 9.71 Å². The van der Waals surface area contributed by atoms with Gasteiger partial charge in [0, 0.05) is 9.77 Å². The minimum absolute atomic E-state index is 0.214. The number of pyridine rings is 1. The summed E-state index contributed by atoms with van der Waals surface area (Å²) in [6.45, 7) is 0. The minimum atomic E-state index is -3.95. The molecule has 0 fully saturated rings. The predicted molar refractivity (Wildman–Crippen MR) is 74.1 cm³/mol. The average Bonchev–Trinajstić information content (AvgIpc) is 2.33. The van der Waals surface area contributed by atoms with E-state index in [1.807, 2.05) is 0 Å². The van der Waals surface area contributed by atoms with Gasteiger partial charge >= 0.3 is 0 Å². The van der Waals surface area contributed by atoms with Crippen LogP contribution in [0.3, 0.4) is 0 Å². The molecule has 0 aliphatic rings. The quantitative estimate of drug-likeness (QED) is 0.812. The second-order valence-corrected chi connectivity index (χ2v) is 6.41. The van der Waals surface area contributed by atoms with Crippen molar-refractivity contribution in [3.8, 4) is 0 Å². The summed E-state index contributed by atoms with van der Waals surface area (Å²) in [6, 6.07) is 4.46. The van der Waals surface area contributed by atoms with Gasteiger partial charge in [0.15, 0.2) is 0 Å². The molecule has 0 aliphatic carbocycles. The fraction of sp³-hybridized carbons (Fsp3) is 0. The summed E-state index contributed by atoms with van der Waals surface area (Å²) in [7, 11) is -3.95. The first-order valence-corrected chi connectivity index (χ1v) is 7.53. The van der Waals surface area contributed by atoms with E-state index in [0.29, 0.717) is 3.57 Å². The van der Waals surface area contributed by atoms with E-state index in [1.54, 1.807) is 22.6 Å². The Balaban J connectivity index is 2.36. The van der Waals surface area contributed by atoms with Crippen LogP contribution in [0.25, 0.3) is 0 Å². The molecule has 0 bridgehead atoms. The molecular weight excluding hydrogens is 389 g/mol. The summed E-state index contributed by atoms with van der Waals surface area (Å²) < 4.78 is 52.5. The van der Waals surface area contributed by atoms with Crippen LogP contribution in [-0.2, 0) is 10.0 Å². The summed E-state index contributed by atoms with van der Waals surface area (Å²) in [5.41, 5.74) is 0.214. The molecule has 2 rings (SSSR count). The Bertz CT molecular complexity index is 722. The van der Waals surface area contributed by atoms with E-state index in [9.17, 15) is 17.2 Å². The molecule has 0 saturated heterocycles. The van der Waals surface area contributed by atoms with Crippen LogP contribution < -0.4 is 4.72 Å². The highest BCUT2D eigenvalue weighted by molar-refractivity contribution is 14.1. The van der Waals surface area contributed by atoms with Crippen LogP contribution in [0.1, 0.15) is 0 Å². The van der Waals surface area contributed by atoms with Crippen LogP contribution in [0.4, 0.5) is 14.5 Å². The third-order valence-corrected chi connectivity index (χ3v) is 4.39. The Morgan fingerprint density at radius 2 is 1.84 bits per heavy atom. The van der Waals surface area contributed by atoms with Crippen molar-refractivity contribution < 1.29 is 17.2 Å². The van der Waals surface area contributed by atoms with Crippen molar-refractivity contribution in [2.24, 2.45) is 0 Å². The van der Waals surface area contributed by atoms with Gasteiger partial charge in [-0.15, -0.1) is 0 Å². The lowest BCUT2D eigenvalue weighted by atomic mass is 10.3. The molecule has 0 aliphatic heterocycles. The fourth-order valence-electron chi connectivity index (χ4n) is 1.32. The Hall–Kier alpha value is -1.29. The van der Waals surface area contributed by atoms with Gasteiger partial charge in [-0.25, -0.2) is 17.2 Å². The number of aromatic nitrogens is 1. The van der Waals surface area contributed by atoms with E-state index >= 15 is 0 Å². The van der Waals surface area contributed by atoms with Crippen molar-refractivity contribution in [1.82, 2.24) is 4.98 Å². The summed E-state index contributed by atoms with van der Waals surface area (Å²) in [5.74, 6) is -1.23. The monoisotopic (exact) mass is 396 g/mol.